The summed E-state index contributed by atoms with van der Waals surface area (Å²) in [4.78, 5) is 21.3. The van der Waals surface area contributed by atoms with Crippen LogP contribution in [0.5, 0.6) is 0 Å². The van der Waals surface area contributed by atoms with Crippen LogP contribution in [-0.2, 0) is 24.2 Å². The SMILES string of the molecule is CCc1nccn1CCN1CCN(C(=O)CCCc2ccccc2)CC1. The molecule has 0 N–H and O–H groups in total. The van der Waals surface area contributed by atoms with Gasteiger partial charge in [-0.2, -0.15) is 0 Å². The third-order valence-electron chi connectivity index (χ3n) is 5.20. The Kier molecular flexibility index (Phi) is 6.83. The van der Waals surface area contributed by atoms with Gasteiger partial charge in [-0.15, -0.1) is 0 Å². The summed E-state index contributed by atoms with van der Waals surface area (Å²) in [6.45, 7) is 7.80. The largest absolute Gasteiger partial charge is 0.340 e. The molecule has 1 aromatic carbocycles. The number of carbonyl (C=O) groups excluding carboxylic acids is 1. The van der Waals surface area contributed by atoms with E-state index in [1.54, 1.807) is 0 Å². The predicted molar refractivity (Wildman–Crippen MR) is 104 cm³/mol. The number of carbonyl (C=O) groups is 1. The van der Waals surface area contributed by atoms with E-state index in [0.717, 1.165) is 64.4 Å². The number of imidazole rings is 1. The van der Waals surface area contributed by atoms with Gasteiger partial charge in [-0.1, -0.05) is 37.3 Å². The first-order valence-corrected chi connectivity index (χ1v) is 9.80. The van der Waals surface area contributed by atoms with Gasteiger partial charge in [-0.3, -0.25) is 9.69 Å². The maximum Gasteiger partial charge on any atom is 0.222 e. The Morgan fingerprint density at radius 3 is 2.58 bits per heavy atom. The maximum atomic E-state index is 12.4. The smallest absolute Gasteiger partial charge is 0.222 e. The average molecular weight is 354 g/mol. The highest BCUT2D eigenvalue weighted by molar-refractivity contribution is 5.76. The zero-order valence-corrected chi connectivity index (χ0v) is 15.8. The molecule has 5 nitrogen and oxygen atoms in total. The van der Waals surface area contributed by atoms with Crippen LogP contribution in [-0.4, -0.2) is 58.0 Å². The van der Waals surface area contributed by atoms with Crippen molar-refractivity contribution in [3.8, 4) is 0 Å². The Morgan fingerprint density at radius 2 is 1.85 bits per heavy atom. The summed E-state index contributed by atoms with van der Waals surface area (Å²) in [5.41, 5.74) is 1.32. The van der Waals surface area contributed by atoms with Crippen molar-refractivity contribution in [2.45, 2.75) is 39.2 Å². The van der Waals surface area contributed by atoms with E-state index in [4.69, 9.17) is 0 Å². The molecule has 1 aromatic heterocycles. The van der Waals surface area contributed by atoms with Crippen molar-refractivity contribution in [3.05, 3.63) is 54.1 Å². The van der Waals surface area contributed by atoms with Crippen molar-refractivity contribution < 1.29 is 4.79 Å². The normalized spacial score (nSPS) is 15.3. The van der Waals surface area contributed by atoms with Crippen molar-refractivity contribution in [1.29, 1.82) is 0 Å². The van der Waals surface area contributed by atoms with Gasteiger partial charge in [0.15, 0.2) is 0 Å². The number of piperazine rings is 1. The molecule has 0 atom stereocenters. The molecular formula is C21H30N4O. The highest BCUT2D eigenvalue weighted by atomic mass is 16.2. The van der Waals surface area contributed by atoms with E-state index in [2.05, 4.69) is 51.8 Å². The molecule has 0 radical (unpaired) electrons. The molecule has 140 valence electrons. The topological polar surface area (TPSA) is 41.4 Å². The molecule has 0 unspecified atom stereocenters. The van der Waals surface area contributed by atoms with Crippen LogP contribution in [0.1, 0.15) is 31.2 Å². The van der Waals surface area contributed by atoms with Crippen LogP contribution in [0.4, 0.5) is 0 Å². The van der Waals surface area contributed by atoms with Gasteiger partial charge in [-0.05, 0) is 18.4 Å². The molecule has 1 aliphatic heterocycles. The van der Waals surface area contributed by atoms with Crippen LogP contribution in [0.25, 0.3) is 0 Å². The Labute approximate surface area is 156 Å². The lowest BCUT2D eigenvalue weighted by Gasteiger charge is -2.35. The lowest BCUT2D eigenvalue weighted by molar-refractivity contribution is -0.133. The van der Waals surface area contributed by atoms with Gasteiger partial charge in [0, 0.05) is 64.5 Å². The fourth-order valence-electron chi connectivity index (χ4n) is 3.57. The van der Waals surface area contributed by atoms with E-state index in [0.29, 0.717) is 12.3 Å². The molecule has 5 heteroatoms. The Morgan fingerprint density at radius 1 is 1.08 bits per heavy atom. The second-order valence-corrected chi connectivity index (χ2v) is 6.95. The molecule has 0 aliphatic carbocycles. The summed E-state index contributed by atoms with van der Waals surface area (Å²) in [6, 6.07) is 10.4. The number of hydrogen-bond donors (Lipinski definition) is 0. The highest BCUT2D eigenvalue weighted by Gasteiger charge is 2.20. The summed E-state index contributed by atoms with van der Waals surface area (Å²) in [5.74, 6) is 1.46. The van der Waals surface area contributed by atoms with Crippen LogP contribution in [0.3, 0.4) is 0 Å². The quantitative estimate of drug-likeness (QED) is 0.732. The zero-order valence-electron chi connectivity index (χ0n) is 15.8. The minimum absolute atomic E-state index is 0.309. The molecule has 0 spiro atoms. The fraction of sp³-hybridized carbons (Fsp3) is 0.524. The minimum Gasteiger partial charge on any atom is -0.340 e. The van der Waals surface area contributed by atoms with Crippen molar-refractivity contribution in [1.82, 2.24) is 19.4 Å². The Balaban J connectivity index is 1.34. The van der Waals surface area contributed by atoms with E-state index in [1.807, 2.05) is 17.2 Å². The van der Waals surface area contributed by atoms with Crippen molar-refractivity contribution >= 4 is 5.91 Å². The summed E-state index contributed by atoms with van der Waals surface area (Å²) < 4.78 is 2.24. The second-order valence-electron chi connectivity index (χ2n) is 6.95. The molecule has 1 fully saturated rings. The third-order valence-corrected chi connectivity index (χ3v) is 5.20. The van der Waals surface area contributed by atoms with Crippen LogP contribution in [0, 0.1) is 0 Å². The van der Waals surface area contributed by atoms with Gasteiger partial charge in [0.05, 0.1) is 0 Å². The number of aryl methyl sites for hydroxylation is 2. The molecule has 26 heavy (non-hydrogen) atoms. The second kappa shape index (κ2) is 9.53. The Bertz CT molecular complexity index is 674. The van der Waals surface area contributed by atoms with Crippen molar-refractivity contribution in [2.75, 3.05) is 32.7 Å². The lowest BCUT2D eigenvalue weighted by Crippen LogP contribution is -2.49. The van der Waals surface area contributed by atoms with Crippen molar-refractivity contribution in [3.63, 3.8) is 0 Å². The lowest BCUT2D eigenvalue weighted by atomic mass is 10.1. The van der Waals surface area contributed by atoms with Crippen LogP contribution in [0.15, 0.2) is 42.7 Å². The summed E-state index contributed by atoms with van der Waals surface area (Å²) in [7, 11) is 0. The van der Waals surface area contributed by atoms with Crippen LogP contribution >= 0.6 is 0 Å². The first-order valence-electron chi connectivity index (χ1n) is 9.80. The van der Waals surface area contributed by atoms with Gasteiger partial charge in [0.1, 0.15) is 5.82 Å². The van der Waals surface area contributed by atoms with Gasteiger partial charge in [0.2, 0.25) is 5.91 Å². The molecule has 2 heterocycles. The van der Waals surface area contributed by atoms with Crippen LogP contribution in [0.2, 0.25) is 0 Å². The Hall–Kier alpha value is -2.14. The summed E-state index contributed by atoms with van der Waals surface area (Å²) in [6.07, 6.45) is 7.49. The van der Waals surface area contributed by atoms with E-state index >= 15 is 0 Å². The van der Waals surface area contributed by atoms with Gasteiger partial charge >= 0.3 is 0 Å². The minimum atomic E-state index is 0.309. The molecule has 2 aromatic rings. The number of amides is 1. The van der Waals surface area contributed by atoms with Gasteiger partial charge in [-0.25, -0.2) is 4.98 Å². The monoisotopic (exact) mass is 354 g/mol. The average Bonchev–Trinajstić information content (AvgIpc) is 3.15. The maximum absolute atomic E-state index is 12.4. The number of rotatable bonds is 8. The zero-order chi connectivity index (χ0) is 18.2. The molecule has 0 saturated carbocycles. The summed E-state index contributed by atoms with van der Waals surface area (Å²) in [5, 5.41) is 0. The first-order chi connectivity index (χ1) is 12.8. The fourth-order valence-corrected chi connectivity index (χ4v) is 3.57. The van der Waals surface area contributed by atoms with Crippen LogP contribution < -0.4 is 0 Å². The van der Waals surface area contributed by atoms with Crippen molar-refractivity contribution in [2.24, 2.45) is 0 Å². The summed E-state index contributed by atoms with van der Waals surface area (Å²) >= 11 is 0. The molecule has 1 amide bonds. The number of aromatic nitrogens is 2. The van der Waals surface area contributed by atoms with Gasteiger partial charge < -0.3 is 9.47 Å². The molecule has 1 aliphatic rings. The molecular weight excluding hydrogens is 324 g/mol. The van der Waals surface area contributed by atoms with E-state index < -0.39 is 0 Å². The predicted octanol–water partition coefficient (Wildman–Crippen LogP) is 2.61. The van der Waals surface area contributed by atoms with E-state index in [1.165, 1.54) is 5.56 Å². The molecule has 3 rings (SSSR count). The third kappa shape index (κ3) is 5.18. The number of nitrogens with zero attached hydrogens (tertiary/aromatic N) is 4. The standard InChI is InChI=1S/C21H30N4O/c1-2-20-22-11-12-24(20)16-13-23-14-17-25(18-15-23)21(26)10-6-9-19-7-4-3-5-8-19/h3-5,7-8,11-12H,2,6,9-10,13-18H2,1H3. The van der Waals surface area contributed by atoms with E-state index in [-0.39, 0.29) is 0 Å². The van der Waals surface area contributed by atoms with E-state index in [9.17, 15) is 4.79 Å². The molecule has 1 saturated heterocycles. The number of hydrogen-bond acceptors (Lipinski definition) is 3. The number of benzene rings is 1. The highest BCUT2D eigenvalue weighted by Crippen LogP contribution is 2.09. The molecule has 0 bridgehead atoms. The first kappa shape index (κ1) is 18.6. The van der Waals surface area contributed by atoms with Gasteiger partial charge in [0.25, 0.3) is 0 Å².